The molecule has 3 aromatic rings. The number of benzene rings is 2. The van der Waals surface area contributed by atoms with Gasteiger partial charge in [-0.2, -0.15) is 4.57 Å². The molecule has 0 aliphatic carbocycles. The zero-order valence-corrected chi connectivity index (χ0v) is 12.2. The molecule has 92 valence electrons. The Hall–Kier alpha value is -1.27. The van der Waals surface area contributed by atoms with Crippen molar-refractivity contribution in [3.05, 3.63) is 48.5 Å². The Morgan fingerprint density at radius 3 is 2.47 bits per heavy atom. The first-order valence-corrected chi connectivity index (χ1v) is 6.64. The molecule has 0 aliphatic rings. The largest absolute Gasteiger partial charge is 1.00 e. The van der Waals surface area contributed by atoms with Gasteiger partial charge in [-0.1, -0.05) is 35.6 Å². The standard InChI is InChI=1S/C15H14NOS.Li.H/c1-16-12-8-4-6-10-14(12)18-15(16)11-7-3-5-9-13(11)17-2;;/h3-10H,1-2H3;;/q2*+1;-1. The van der Waals surface area contributed by atoms with Gasteiger partial charge in [0.1, 0.15) is 17.5 Å². The van der Waals surface area contributed by atoms with Crippen molar-refractivity contribution in [2.45, 2.75) is 0 Å². The molecule has 0 fully saturated rings. The molecule has 0 atom stereocenters. The first kappa shape index (κ1) is 14.1. The first-order valence-electron chi connectivity index (χ1n) is 5.82. The normalized spacial score (nSPS) is 10.2. The second-order valence-electron chi connectivity index (χ2n) is 4.13. The third kappa shape index (κ3) is 2.42. The average molecular weight is 264 g/mol. The molecule has 1 heterocycles. The fourth-order valence-corrected chi connectivity index (χ4v) is 3.34. The van der Waals surface area contributed by atoms with Gasteiger partial charge in [0.2, 0.25) is 5.52 Å². The third-order valence-corrected chi connectivity index (χ3v) is 4.33. The van der Waals surface area contributed by atoms with Gasteiger partial charge in [0.15, 0.2) is 0 Å². The van der Waals surface area contributed by atoms with Crippen molar-refractivity contribution in [2.24, 2.45) is 7.05 Å². The van der Waals surface area contributed by atoms with Gasteiger partial charge in [-0.3, -0.25) is 0 Å². The van der Waals surface area contributed by atoms with Crippen LogP contribution >= 0.6 is 11.3 Å². The van der Waals surface area contributed by atoms with Crippen LogP contribution in [0.2, 0.25) is 0 Å². The molecule has 0 aliphatic heterocycles. The summed E-state index contributed by atoms with van der Waals surface area (Å²) >= 11 is 1.79. The summed E-state index contributed by atoms with van der Waals surface area (Å²) in [6.45, 7) is 0. The number of hydrogen-bond donors (Lipinski definition) is 0. The van der Waals surface area contributed by atoms with E-state index >= 15 is 0 Å². The molecule has 0 bridgehead atoms. The van der Waals surface area contributed by atoms with Gasteiger partial charge in [0, 0.05) is 6.07 Å². The van der Waals surface area contributed by atoms with E-state index in [0.717, 1.165) is 11.3 Å². The summed E-state index contributed by atoms with van der Waals surface area (Å²) in [5.41, 5.74) is 2.40. The van der Waals surface area contributed by atoms with E-state index in [0.29, 0.717) is 0 Å². The molecule has 19 heavy (non-hydrogen) atoms. The molecule has 0 amide bonds. The van der Waals surface area contributed by atoms with Gasteiger partial charge >= 0.3 is 18.9 Å². The number of aromatic nitrogens is 1. The predicted octanol–water partition coefficient (Wildman–Crippen LogP) is 0.518. The van der Waals surface area contributed by atoms with E-state index in [1.807, 2.05) is 18.2 Å². The number of rotatable bonds is 2. The zero-order valence-electron chi connectivity index (χ0n) is 12.4. The van der Waals surface area contributed by atoms with Crippen LogP contribution < -0.4 is 28.2 Å². The topological polar surface area (TPSA) is 13.1 Å². The van der Waals surface area contributed by atoms with Crippen LogP contribution in [0, 0.1) is 0 Å². The number of hydrogen-bond acceptors (Lipinski definition) is 2. The zero-order chi connectivity index (χ0) is 12.5. The molecular formula is C15H15LiNOS+. The molecule has 0 unspecified atom stereocenters. The van der Waals surface area contributed by atoms with Crippen LogP contribution in [0.5, 0.6) is 5.75 Å². The number of para-hydroxylation sites is 2. The molecule has 3 rings (SSSR count). The Kier molecular flexibility index (Phi) is 4.31. The van der Waals surface area contributed by atoms with Crippen LogP contribution in [-0.2, 0) is 7.05 Å². The molecule has 0 saturated carbocycles. The second-order valence-corrected chi connectivity index (χ2v) is 5.16. The van der Waals surface area contributed by atoms with Crippen LogP contribution in [0.15, 0.2) is 48.5 Å². The van der Waals surface area contributed by atoms with Crippen LogP contribution in [0.4, 0.5) is 0 Å². The second kappa shape index (κ2) is 5.79. The Morgan fingerprint density at radius 2 is 1.74 bits per heavy atom. The summed E-state index contributed by atoms with van der Waals surface area (Å²) in [4.78, 5) is 0. The van der Waals surface area contributed by atoms with Crippen molar-refractivity contribution in [1.29, 1.82) is 0 Å². The maximum absolute atomic E-state index is 5.44. The first-order chi connectivity index (χ1) is 8.81. The fourth-order valence-electron chi connectivity index (χ4n) is 2.16. The van der Waals surface area contributed by atoms with Crippen molar-refractivity contribution in [2.75, 3.05) is 7.11 Å². The number of thiazole rings is 1. The number of fused-ring (bicyclic) bond motifs is 1. The van der Waals surface area contributed by atoms with Crippen molar-refractivity contribution in [1.82, 2.24) is 0 Å². The Bertz CT molecular complexity index is 714. The van der Waals surface area contributed by atoms with E-state index in [4.69, 9.17) is 4.74 Å². The maximum atomic E-state index is 5.44. The van der Waals surface area contributed by atoms with Crippen LogP contribution in [0.25, 0.3) is 20.8 Å². The van der Waals surface area contributed by atoms with Crippen molar-refractivity contribution in [3.63, 3.8) is 0 Å². The molecule has 0 radical (unpaired) electrons. The Labute approximate surface area is 130 Å². The van der Waals surface area contributed by atoms with E-state index in [2.05, 4.69) is 41.9 Å². The van der Waals surface area contributed by atoms with E-state index in [1.165, 1.54) is 15.2 Å². The van der Waals surface area contributed by atoms with Crippen LogP contribution in [-0.4, -0.2) is 7.11 Å². The fraction of sp³-hybridized carbons (Fsp3) is 0.133. The predicted molar refractivity (Wildman–Crippen MR) is 76.1 cm³/mol. The maximum Gasteiger partial charge on any atom is 1.00 e. The molecule has 0 N–H and O–H groups in total. The van der Waals surface area contributed by atoms with Crippen molar-refractivity contribution in [3.8, 4) is 16.3 Å². The van der Waals surface area contributed by atoms with Crippen LogP contribution in [0.1, 0.15) is 1.43 Å². The van der Waals surface area contributed by atoms with E-state index < -0.39 is 0 Å². The number of methoxy groups -OCH3 is 1. The van der Waals surface area contributed by atoms with Gasteiger partial charge in [-0.15, -0.1) is 0 Å². The summed E-state index contributed by atoms with van der Waals surface area (Å²) in [7, 11) is 3.81. The minimum Gasteiger partial charge on any atom is -1.00 e. The summed E-state index contributed by atoms with van der Waals surface area (Å²) < 4.78 is 8.96. The monoisotopic (exact) mass is 264 g/mol. The van der Waals surface area contributed by atoms with Gasteiger partial charge in [-0.05, 0) is 18.2 Å². The molecule has 1 aromatic heterocycles. The van der Waals surface area contributed by atoms with Gasteiger partial charge in [0.25, 0.3) is 5.01 Å². The minimum absolute atomic E-state index is 0. The summed E-state index contributed by atoms with van der Waals surface area (Å²) in [5.74, 6) is 0.916. The molecule has 0 spiro atoms. The number of ether oxygens (including phenoxy) is 1. The summed E-state index contributed by atoms with van der Waals surface area (Å²) in [6.07, 6.45) is 0. The molecule has 0 saturated heterocycles. The van der Waals surface area contributed by atoms with Crippen molar-refractivity contribution < 1.29 is 29.6 Å². The van der Waals surface area contributed by atoms with Crippen molar-refractivity contribution >= 4 is 21.6 Å². The van der Waals surface area contributed by atoms with Gasteiger partial charge in [0.05, 0.1) is 12.7 Å². The smallest absolute Gasteiger partial charge is 1.00 e. The summed E-state index contributed by atoms with van der Waals surface area (Å²) in [5, 5.41) is 1.22. The molecule has 4 heteroatoms. The third-order valence-electron chi connectivity index (χ3n) is 3.08. The van der Waals surface area contributed by atoms with Gasteiger partial charge in [-0.25, -0.2) is 0 Å². The molecule has 2 aromatic carbocycles. The van der Waals surface area contributed by atoms with Gasteiger partial charge < -0.3 is 6.16 Å². The molecular weight excluding hydrogens is 249 g/mol. The number of aryl methyl sites for hydroxylation is 1. The van der Waals surface area contributed by atoms with E-state index in [-0.39, 0.29) is 20.3 Å². The average Bonchev–Trinajstić information content (AvgIpc) is 2.76. The number of nitrogens with zero attached hydrogens (tertiary/aromatic N) is 1. The Morgan fingerprint density at radius 1 is 1.05 bits per heavy atom. The Balaban J connectivity index is 0.000001000. The SMILES string of the molecule is COc1ccccc1-c1sc2ccccc2[n+]1C.[H-].[Li+]. The molecule has 2 nitrogen and oxygen atoms in total. The van der Waals surface area contributed by atoms with E-state index in [9.17, 15) is 0 Å². The van der Waals surface area contributed by atoms with Crippen LogP contribution in [0.3, 0.4) is 0 Å². The quantitative estimate of drug-likeness (QED) is 0.486. The van der Waals surface area contributed by atoms with E-state index in [1.54, 1.807) is 18.4 Å². The minimum atomic E-state index is 0. The summed E-state index contributed by atoms with van der Waals surface area (Å²) in [6, 6.07) is 16.6.